The van der Waals surface area contributed by atoms with E-state index in [1.165, 1.54) is 31.1 Å². The monoisotopic (exact) mass is 601 g/mol. The van der Waals surface area contributed by atoms with Gasteiger partial charge in [0.25, 0.3) is 0 Å². The molecular weight excluding hydrogens is 560 g/mol. The van der Waals surface area contributed by atoms with Gasteiger partial charge in [-0.25, -0.2) is 29.5 Å². The molecule has 14 nitrogen and oxygen atoms in total. The highest BCUT2D eigenvalue weighted by Crippen LogP contribution is 2.42. The molecule has 1 fully saturated rings. The second-order valence-electron chi connectivity index (χ2n) is 10.1. The molecular formula is C25H41FN7O7P. The molecule has 3 heterocycles. The van der Waals surface area contributed by atoms with E-state index in [4.69, 9.17) is 19.9 Å². The van der Waals surface area contributed by atoms with Gasteiger partial charge in [0.2, 0.25) is 7.44 Å². The fraction of sp³-hybridized carbons (Fsp3) is 0.720. The first-order chi connectivity index (χ1) is 19.5. The van der Waals surface area contributed by atoms with Crippen molar-refractivity contribution in [3.63, 3.8) is 0 Å². The largest absolute Gasteiger partial charge is 0.465 e. The van der Waals surface area contributed by atoms with E-state index < -0.39 is 56.1 Å². The van der Waals surface area contributed by atoms with Gasteiger partial charge >= 0.3 is 11.9 Å². The van der Waals surface area contributed by atoms with Gasteiger partial charge in [-0.15, -0.1) is 0 Å². The van der Waals surface area contributed by atoms with Crippen LogP contribution in [0, 0.1) is 0 Å². The average Bonchev–Trinajstić information content (AvgIpc) is 3.49. The van der Waals surface area contributed by atoms with Crippen molar-refractivity contribution in [3.05, 3.63) is 12.7 Å². The maximum absolute atomic E-state index is 15.2. The number of hydrogen-bond acceptors (Lipinski definition) is 11. The number of nitrogens with two attached hydrogens (primary N) is 1. The third-order valence-corrected chi connectivity index (χ3v) is 9.18. The molecule has 1 aliphatic rings. The summed E-state index contributed by atoms with van der Waals surface area (Å²) in [5, 5.41) is 16.2. The fourth-order valence-corrected chi connectivity index (χ4v) is 6.73. The summed E-state index contributed by atoms with van der Waals surface area (Å²) < 4.78 is 46.9. The van der Waals surface area contributed by atoms with Crippen molar-refractivity contribution in [1.29, 1.82) is 0 Å². The molecule has 16 heteroatoms. The normalized spacial score (nSPS) is 22.5. The quantitative estimate of drug-likeness (QED) is 0.124. The molecule has 2 aromatic heterocycles. The molecule has 5 N–H and O–H groups in total. The smallest absolute Gasteiger partial charge is 0.323 e. The Bertz CT molecular complexity index is 1180. The molecule has 0 amide bonds. The van der Waals surface area contributed by atoms with Crippen molar-refractivity contribution in [2.24, 2.45) is 0 Å². The van der Waals surface area contributed by atoms with Crippen LogP contribution in [0.15, 0.2) is 12.7 Å². The van der Waals surface area contributed by atoms with Gasteiger partial charge in [0.15, 0.2) is 23.9 Å². The van der Waals surface area contributed by atoms with Gasteiger partial charge in [-0.2, -0.15) is 0 Å². The number of aliphatic hydroxyl groups excluding tert-OH is 1. The van der Waals surface area contributed by atoms with Crippen molar-refractivity contribution in [1.82, 2.24) is 29.7 Å². The minimum Gasteiger partial charge on any atom is -0.465 e. The molecule has 0 bridgehead atoms. The number of anilines is 1. The Morgan fingerprint density at radius 2 is 1.71 bits per heavy atom. The van der Waals surface area contributed by atoms with Gasteiger partial charge in [-0.05, 0) is 33.1 Å². The molecule has 1 saturated heterocycles. The number of ether oxygens (including phenoxy) is 3. The van der Waals surface area contributed by atoms with Crippen LogP contribution in [0.3, 0.4) is 0 Å². The number of rotatable bonds is 16. The summed E-state index contributed by atoms with van der Waals surface area (Å²) in [5.41, 5.74) is 6.32. The zero-order valence-electron chi connectivity index (χ0n) is 23.9. The number of aromatic nitrogens is 4. The predicted molar refractivity (Wildman–Crippen MR) is 149 cm³/mol. The van der Waals surface area contributed by atoms with Crippen molar-refractivity contribution in [2.45, 2.75) is 96.5 Å². The number of nitrogens with one attached hydrogen (secondary N) is 2. The van der Waals surface area contributed by atoms with Crippen molar-refractivity contribution < 1.29 is 37.9 Å². The number of unbranched alkanes of at least 4 members (excludes halogenated alkanes) is 2. The number of esters is 2. The van der Waals surface area contributed by atoms with Crippen LogP contribution in [0.2, 0.25) is 0 Å². The van der Waals surface area contributed by atoms with Gasteiger partial charge in [0.1, 0.15) is 30.0 Å². The summed E-state index contributed by atoms with van der Waals surface area (Å²) in [5.74, 6) is -1.09. The molecule has 3 rings (SSSR count). The number of aliphatic hydroxyl groups is 1. The van der Waals surface area contributed by atoms with Crippen molar-refractivity contribution in [2.75, 3.05) is 25.1 Å². The minimum absolute atomic E-state index is 0.0751. The van der Waals surface area contributed by atoms with E-state index in [0.29, 0.717) is 12.8 Å². The molecule has 1 aliphatic heterocycles. The minimum atomic E-state index is -3.71. The average molecular weight is 602 g/mol. The SMILES string of the molecule is CCCCOC(=O)[C@H](C)NP(=O)(CC[C@H]1O[C@@H](n2cnc3c(N)ncnc32)[C@H](F)[C@@H]1O)N[C@@H](C)C(=O)OCCCC. The van der Waals surface area contributed by atoms with Crippen LogP contribution >= 0.6 is 7.44 Å². The number of imidazole rings is 1. The van der Waals surface area contributed by atoms with Crippen molar-refractivity contribution >= 4 is 36.4 Å². The lowest BCUT2D eigenvalue weighted by molar-refractivity contribution is -0.145. The lowest BCUT2D eigenvalue weighted by atomic mass is 10.1. The number of alkyl halides is 1. The van der Waals surface area contributed by atoms with E-state index in [0.717, 1.165) is 12.8 Å². The van der Waals surface area contributed by atoms with E-state index >= 15 is 4.39 Å². The second-order valence-corrected chi connectivity index (χ2v) is 12.5. The second kappa shape index (κ2) is 15.0. The summed E-state index contributed by atoms with van der Waals surface area (Å²) in [6.45, 7) is 7.36. The maximum Gasteiger partial charge on any atom is 0.323 e. The number of fused-ring (bicyclic) bond motifs is 1. The Balaban J connectivity index is 1.73. The van der Waals surface area contributed by atoms with Gasteiger partial charge in [0.05, 0.1) is 25.6 Å². The molecule has 0 aromatic carbocycles. The lowest BCUT2D eigenvalue weighted by Gasteiger charge is -2.27. The number of carbonyl (C=O) groups excluding carboxylic acids is 2. The zero-order chi connectivity index (χ0) is 30.2. The van der Waals surface area contributed by atoms with Crippen LogP contribution in [0.25, 0.3) is 11.2 Å². The topological polar surface area (TPSA) is 193 Å². The van der Waals surface area contributed by atoms with E-state index in [-0.39, 0.29) is 42.8 Å². The van der Waals surface area contributed by atoms with E-state index in [1.54, 1.807) is 0 Å². The number of nitrogens with zero attached hydrogens (tertiary/aromatic N) is 4. The van der Waals surface area contributed by atoms with Gasteiger partial charge in [0, 0.05) is 6.16 Å². The molecule has 0 radical (unpaired) electrons. The molecule has 41 heavy (non-hydrogen) atoms. The summed E-state index contributed by atoms with van der Waals surface area (Å²) in [7, 11) is -3.71. The highest BCUT2D eigenvalue weighted by Gasteiger charge is 2.46. The number of nitrogen functional groups attached to an aromatic ring is 1. The van der Waals surface area contributed by atoms with Crippen LogP contribution in [0.5, 0.6) is 0 Å². The van der Waals surface area contributed by atoms with Gasteiger partial charge < -0.3 is 25.1 Å². The number of carbonyl (C=O) groups is 2. The highest BCUT2D eigenvalue weighted by atomic mass is 31.2. The Morgan fingerprint density at radius 3 is 2.27 bits per heavy atom. The van der Waals surface area contributed by atoms with Crippen LogP contribution in [0.1, 0.15) is 66.0 Å². The molecule has 6 atom stereocenters. The molecule has 2 aromatic rings. The zero-order valence-corrected chi connectivity index (χ0v) is 24.8. The van der Waals surface area contributed by atoms with E-state index in [2.05, 4.69) is 25.1 Å². The Hall–Kier alpha value is -2.71. The Kier molecular flexibility index (Phi) is 12.0. The summed E-state index contributed by atoms with van der Waals surface area (Å²) >= 11 is 0. The first kappa shape index (κ1) is 32.8. The van der Waals surface area contributed by atoms with E-state index in [9.17, 15) is 19.3 Å². The lowest BCUT2D eigenvalue weighted by Crippen LogP contribution is -2.43. The molecule has 0 spiro atoms. The molecule has 0 saturated carbocycles. The Morgan fingerprint density at radius 1 is 1.12 bits per heavy atom. The third kappa shape index (κ3) is 8.41. The Labute approximate surface area is 238 Å². The molecule has 230 valence electrons. The standard InChI is InChI=1S/C25H41FN7O7P/c1-5-7-10-38-24(35)15(3)31-41(37,32-16(4)25(36)39-11-8-6-2)12-9-17-20(34)18(26)23(40-17)33-14-30-19-21(27)28-13-29-22(19)33/h13-18,20,23,34H,5-12H2,1-4H3,(H2,27,28,29)(H2,31,32,37)/t15-,16-,17+,18+,20+,23+/m0/s1. The maximum atomic E-state index is 15.2. The van der Waals surface area contributed by atoms with Gasteiger partial charge in [-0.3, -0.25) is 18.7 Å². The summed E-state index contributed by atoms with van der Waals surface area (Å²) in [6, 6.07) is -1.96. The van der Waals surface area contributed by atoms with Crippen LogP contribution < -0.4 is 15.9 Å². The highest BCUT2D eigenvalue weighted by molar-refractivity contribution is 7.59. The van der Waals surface area contributed by atoms with Gasteiger partial charge in [-0.1, -0.05) is 26.7 Å². The first-order valence-corrected chi connectivity index (χ1v) is 15.8. The van der Waals surface area contributed by atoms with E-state index in [1.807, 2.05) is 13.8 Å². The molecule has 0 unspecified atom stereocenters. The predicted octanol–water partition coefficient (Wildman–Crippen LogP) is 2.23. The molecule has 0 aliphatic carbocycles. The van der Waals surface area contributed by atoms with Crippen LogP contribution in [-0.4, -0.2) is 86.4 Å². The number of hydrogen-bond donors (Lipinski definition) is 4. The van der Waals surface area contributed by atoms with Crippen molar-refractivity contribution in [3.8, 4) is 0 Å². The van der Waals surface area contributed by atoms with Crippen LogP contribution in [0.4, 0.5) is 10.2 Å². The number of halogens is 1. The van der Waals surface area contributed by atoms with Crippen LogP contribution in [-0.2, 0) is 28.4 Å². The third-order valence-electron chi connectivity index (χ3n) is 6.68. The summed E-state index contributed by atoms with van der Waals surface area (Å²) in [4.78, 5) is 37.0. The summed E-state index contributed by atoms with van der Waals surface area (Å²) in [6.07, 6.45) is -0.462. The first-order valence-electron chi connectivity index (χ1n) is 13.9. The fourth-order valence-electron chi connectivity index (χ4n) is 4.31.